The van der Waals surface area contributed by atoms with Crippen molar-refractivity contribution in [1.29, 1.82) is 0 Å². The van der Waals surface area contributed by atoms with Crippen molar-refractivity contribution in [3.05, 3.63) is 54.1 Å². The van der Waals surface area contributed by atoms with E-state index in [1.807, 2.05) is 36.4 Å². The smallest absolute Gasteiger partial charge is 0.238 e. The predicted molar refractivity (Wildman–Crippen MR) is 90.3 cm³/mol. The van der Waals surface area contributed by atoms with Gasteiger partial charge in [-0.25, -0.2) is 13.6 Å². The molecule has 0 spiro atoms. The summed E-state index contributed by atoms with van der Waals surface area (Å²) in [6.45, 7) is 3.45. The Balaban J connectivity index is 1.71. The quantitative estimate of drug-likeness (QED) is 0.911. The van der Waals surface area contributed by atoms with E-state index in [-0.39, 0.29) is 4.90 Å². The van der Waals surface area contributed by atoms with Crippen molar-refractivity contribution in [1.82, 2.24) is 0 Å². The molecule has 0 saturated carbocycles. The van der Waals surface area contributed by atoms with Gasteiger partial charge in [-0.15, -0.1) is 0 Å². The fourth-order valence-corrected chi connectivity index (χ4v) is 3.53. The Bertz CT molecular complexity index is 791. The zero-order chi connectivity index (χ0) is 16.4. The van der Waals surface area contributed by atoms with Gasteiger partial charge in [-0.05, 0) is 49.2 Å². The molecular weight excluding hydrogens is 312 g/mol. The number of hydrogen-bond acceptors (Lipinski definition) is 4. The van der Waals surface area contributed by atoms with Gasteiger partial charge in [0.15, 0.2) is 0 Å². The molecule has 0 aliphatic carbocycles. The average molecular weight is 332 g/mol. The van der Waals surface area contributed by atoms with Crippen LogP contribution in [0.1, 0.15) is 12.5 Å². The molecule has 0 fully saturated rings. The van der Waals surface area contributed by atoms with Gasteiger partial charge in [-0.2, -0.15) is 0 Å². The number of primary sulfonamides is 1. The second-order valence-electron chi connectivity index (χ2n) is 5.74. The molecular formula is C17H20N2O3S. The van der Waals surface area contributed by atoms with Crippen LogP contribution < -0.4 is 14.8 Å². The zero-order valence-corrected chi connectivity index (χ0v) is 13.8. The second kappa shape index (κ2) is 6.22. The lowest BCUT2D eigenvalue weighted by molar-refractivity contribution is 0.321. The van der Waals surface area contributed by atoms with Gasteiger partial charge in [0, 0.05) is 11.7 Å². The molecule has 122 valence electrons. The summed E-state index contributed by atoms with van der Waals surface area (Å²) in [5, 5.41) is 5.20. The Labute approximate surface area is 136 Å². The molecule has 23 heavy (non-hydrogen) atoms. The van der Waals surface area contributed by atoms with E-state index in [9.17, 15) is 8.42 Å². The van der Waals surface area contributed by atoms with Gasteiger partial charge >= 0.3 is 0 Å². The van der Waals surface area contributed by atoms with Gasteiger partial charge in [-0.3, -0.25) is 0 Å². The van der Waals surface area contributed by atoms with Crippen LogP contribution in [0.5, 0.6) is 5.75 Å². The van der Waals surface area contributed by atoms with E-state index in [1.54, 1.807) is 12.1 Å². The first kappa shape index (κ1) is 15.8. The molecule has 6 heteroatoms. The van der Waals surface area contributed by atoms with Crippen molar-refractivity contribution in [3.63, 3.8) is 0 Å². The van der Waals surface area contributed by atoms with Crippen molar-refractivity contribution < 1.29 is 13.2 Å². The third kappa shape index (κ3) is 3.48. The van der Waals surface area contributed by atoms with Crippen LogP contribution in [0.4, 0.5) is 5.69 Å². The Kier molecular flexibility index (Phi) is 4.28. The van der Waals surface area contributed by atoms with E-state index in [2.05, 4.69) is 11.8 Å². The minimum absolute atomic E-state index is 0.172. The molecule has 0 saturated heterocycles. The summed E-state index contributed by atoms with van der Waals surface area (Å²) in [5.41, 5.74) is 2.07. The number of nitrogens with zero attached hydrogens (tertiary/aromatic N) is 1. The van der Waals surface area contributed by atoms with E-state index in [1.165, 1.54) is 0 Å². The molecule has 2 aromatic rings. The monoisotopic (exact) mass is 332 g/mol. The summed E-state index contributed by atoms with van der Waals surface area (Å²) < 4.78 is 28.7. The first-order valence-electron chi connectivity index (χ1n) is 7.55. The summed E-state index contributed by atoms with van der Waals surface area (Å²) in [6, 6.07) is 15.1. The van der Waals surface area contributed by atoms with E-state index in [0.29, 0.717) is 12.6 Å². The van der Waals surface area contributed by atoms with Crippen molar-refractivity contribution in [3.8, 4) is 5.75 Å². The number of para-hydroxylation sites is 1. The van der Waals surface area contributed by atoms with Crippen LogP contribution in [0, 0.1) is 0 Å². The highest BCUT2D eigenvalue weighted by atomic mass is 32.2. The number of hydrogen-bond donors (Lipinski definition) is 1. The molecule has 0 radical (unpaired) electrons. The lowest BCUT2D eigenvalue weighted by Crippen LogP contribution is -2.33. The molecule has 2 aromatic carbocycles. The van der Waals surface area contributed by atoms with Crippen molar-refractivity contribution in [2.24, 2.45) is 5.14 Å². The van der Waals surface area contributed by atoms with Crippen molar-refractivity contribution in [2.75, 3.05) is 18.1 Å². The number of rotatable bonds is 5. The Morgan fingerprint density at radius 1 is 1.22 bits per heavy atom. The first-order valence-corrected chi connectivity index (χ1v) is 9.10. The SMILES string of the molecule is CC1Cc2cc(S(N)(=O)=O)ccc2N1CCOc1ccccc1. The third-order valence-electron chi connectivity index (χ3n) is 4.08. The van der Waals surface area contributed by atoms with Crippen LogP contribution in [-0.4, -0.2) is 27.6 Å². The Hall–Kier alpha value is -2.05. The maximum atomic E-state index is 11.5. The minimum atomic E-state index is -3.66. The molecule has 2 N–H and O–H groups in total. The molecule has 5 nitrogen and oxygen atoms in total. The number of nitrogens with two attached hydrogens (primary N) is 1. The molecule has 1 atom stereocenters. The number of anilines is 1. The number of sulfonamides is 1. The largest absolute Gasteiger partial charge is 0.492 e. The lowest BCUT2D eigenvalue weighted by atomic mass is 10.1. The molecule has 1 heterocycles. The normalized spacial score (nSPS) is 17.1. The van der Waals surface area contributed by atoms with Gasteiger partial charge in [-0.1, -0.05) is 18.2 Å². The molecule has 1 aliphatic heterocycles. The van der Waals surface area contributed by atoms with Crippen LogP contribution in [-0.2, 0) is 16.4 Å². The number of ether oxygens (including phenoxy) is 1. The summed E-state index contributed by atoms with van der Waals surface area (Å²) in [6.07, 6.45) is 0.810. The molecule has 1 unspecified atom stereocenters. The number of benzene rings is 2. The fourth-order valence-electron chi connectivity index (χ4n) is 2.97. The lowest BCUT2D eigenvalue weighted by Gasteiger charge is -2.25. The van der Waals surface area contributed by atoms with Crippen molar-refractivity contribution >= 4 is 15.7 Å². The highest BCUT2D eigenvalue weighted by Crippen LogP contribution is 2.33. The highest BCUT2D eigenvalue weighted by Gasteiger charge is 2.27. The van der Waals surface area contributed by atoms with Crippen molar-refractivity contribution in [2.45, 2.75) is 24.3 Å². The summed E-state index contributed by atoms with van der Waals surface area (Å²) >= 11 is 0. The standard InChI is InChI=1S/C17H20N2O3S/c1-13-11-14-12-16(23(18,20)21)7-8-17(14)19(13)9-10-22-15-5-3-2-4-6-15/h2-8,12-13H,9-11H2,1H3,(H2,18,20,21). The maximum absolute atomic E-state index is 11.5. The Morgan fingerprint density at radius 3 is 2.65 bits per heavy atom. The Morgan fingerprint density at radius 2 is 1.96 bits per heavy atom. The second-order valence-corrected chi connectivity index (χ2v) is 7.31. The van der Waals surface area contributed by atoms with Gasteiger partial charge in [0.05, 0.1) is 11.4 Å². The summed E-state index contributed by atoms with van der Waals surface area (Å²) in [4.78, 5) is 2.41. The maximum Gasteiger partial charge on any atom is 0.238 e. The minimum Gasteiger partial charge on any atom is -0.492 e. The first-order chi connectivity index (χ1) is 10.9. The molecule has 0 amide bonds. The van der Waals surface area contributed by atoms with E-state index in [4.69, 9.17) is 9.88 Å². The summed E-state index contributed by atoms with van der Waals surface area (Å²) in [5.74, 6) is 0.851. The van der Waals surface area contributed by atoms with Crippen LogP contribution in [0.2, 0.25) is 0 Å². The van der Waals surface area contributed by atoms with Gasteiger partial charge < -0.3 is 9.64 Å². The van der Waals surface area contributed by atoms with Gasteiger partial charge in [0.25, 0.3) is 0 Å². The van der Waals surface area contributed by atoms with E-state index in [0.717, 1.165) is 30.0 Å². The highest BCUT2D eigenvalue weighted by molar-refractivity contribution is 7.89. The van der Waals surface area contributed by atoms with Crippen LogP contribution >= 0.6 is 0 Å². The predicted octanol–water partition coefficient (Wildman–Crippen LogP) is 2.16. The zero-order valence-electron chi connectivity index (χ0n) is 13.0. The summed E-state index contributed by atoms with van der Waals surface area (Å²) in [7, 11) is -3.66. The molecule has 0 aromatic heterocycles. The van der Waals surface area contributed by atoms with E-state index >= 15 is 0 Å². The third-order valence-corrected chi connectivity index (χ3v) is 4.99. The van der Waals surface area contributed by atoms with Gasteiger partial charge in [0.1, 0.15) is 12.4 Å². The fraction of sp³-hybridized carbons (Fsp3) is 0.294. The van der Waals surface area contributed by atoms with E-state index < -0.39 is 10.0 Å². The van der Waals surface area contributed by atoms with Crippen LogP contribution in [0.25, 0.3) is 0 Å². The molecule has 0 bridgehead atoms. The van der Waals surface area contributed by atoms with Crippen LogP contribution in [0.15, 0.2) is 53.4 Å². The number of fused-ring (bicyclic) bond motifs is 1. The molecule has 1 aliphatic rings. The van der Waals surface area contributed by atoms with Crippen LogP contribution in [0.3, 0.4) is 0 Å². The topological polar surface area (TPSA) is 72.6 Å². The average Bonchev–Trinajstić information content (AvgIpc) is 2.83. The molecule has 3 rings (SSSR count). The van der Waals surface area contributed by atoms with Gasteiger partial charge in [0.2, 0.25) is 10.0 Å².